The van der Waals surface area contributed by atoms with Crippen molar-refractivity contribution in [2.75, 3.05) is 6.54 Å². The van der Waals surface area contributed by atoms with Crippen molar-refractivity contribution in [3.8, 4) is 11.3 Å². The summed E-state index contributed by atoms with van der Waals surface area (Å²) in [6, 6.07) is 5.44. The third kappa shape index (κ3) is 3.54. The summed E-state index contributed by atoms with van der Waals surface area (Å²) >= 11 is 12.1. The van der Waals surface area contributed by atoms with Gasteiger partial charge < -0.3 is 10.7 Å². The van der Waals surface area contributed by atoms with Crippen LogP contribution in [-0.4, -0.2) is 16.5 Å². The van der Waals surface area contributed by atoms with Gasteiger partial charge in [-0.2, -0.15) is 0 Å². The van der Waals surface area contributed by atoms with Gasteiger partial charge in [-0.05, 0) is 30.5 Å². The van der Waals surface area contributed by atoms with Gasteiger partial charge in [-0.15, -0.1) is 0 Å². The summed E-state index contributed by atoms with van der Waals surface area (Å²) in [6.07, 6.45) is 2.81. The van der Waals surface area contributed by atoms with Gasteiger partial charge in [0.1, 0.15) is 5.82 Å². The zero-order chi connectivity index (χ0) is 14.7. The molecule has 1 aromatic carbocycles. The number of nitrogens with one attached hydrogen (secondary N) is 1. The summed E-state index contributed by atoms with van der Waals surface area (Å²) in [7, 11) is 0. The lowest BCUT2D eigenvalue weighted by Crippen LogP contribution is -2.15. The average Bonchev–Trinajstić information content (AvgIpc) is 2.85. The van der Waals surface area contributed by atoms with E-state index in [0.717, 1.165) is 23.5 Å². The lowest BCUT2D eigenvalue weighted by atomic mass is 9.97. The van der Waals surface area contributed by atoms with E-state index in [0.29, 0.717) is 22.5 Å². The molecule has 1 aromatic heterocycles. The Labute approximate surface area is 129 Å². The topological polar surface area (TPSA) is 54.7 Å². The van der Waals surface area contributed by atoms with Gasteiger partial charge in [-0.3, -0.25) is 0 Å². The first-order chi connectivity index (χ1) is 9.51. The van der Waals surface area contributed by atoms with Crippen LogP contribution in [0, 0.1) is 5.92 Å². The third-order valence-corrected chi connectivity index (χ3v) is 3.79. The first-order valence-corrected chi connectivity index (χ1v) is 7.47. The lowest BCUT2D eigenvalue weighted by Gasteiger charge is -2.14. The normalized spacial score (nSPS) is 12.9. The number of benzene rings is 1. The number of imidazole rings is 1. The summed E-state index contributed by atoms with van der Waals surface area (Å²) < 4.78 is 0. The SMILES string of the molecule is CC(C)CC(CN)c1ncc(-c2ccc(Cl)cc2Cl)[nH]1. The van der Waals surface area contributed by atoms with Crippen molar-refractivity contribution in [3.05, 3.63) is 40.3 Å². The molecule has 2 rings (SSSR count). The molecule has 1 unspecified atom stereocenters. The monoisotopic (exact) mass is 311 g/mol. The Hall–Kier alpha value is -1.03. The molecule has 1 atom stereocenters. The zero-order valence-corrected chi connectivity index (χ0v) is 13.2. The van der Waals surface area contributed by atoms with E-state index in [9.17, 15) is 0 Å². The molecular weight excluding hydrogens is 293 g/mol. The molecule has 0 saturated heterocycles. The van der Waals surface area contributed by atoms with Gasteiger partial charge in [0.2, 0.25) is 0 Å². The minimum Gasteiger partial charge on any atom is -0.342 e. The Morgan fingerprint density at radius 2 is 2.05 bits per heavy atom. The molecule has 0 aliphatic heterocycles. The van der Waals surface area contributed by atoms with Gasteiger partial charge in [0.05, 0.1) is 16.9 Å². The Kier molecular flexibility index (Phi) is 5.08. The maximum atomic E-state index is 6.21. The Morgan fingerprint density at radius 1 is 1.30 bits per heavy atom. The van der Waals surface area contributed by atoms with Crippen molar-refractivity contribution in [1.29, 1.82) is 0 Å². The molecule has 0 fully saturated rings. The number of rotatable bonds is 5. The molecule has 0 aliphatic carbocycles. The molecule has 0 radical (unpaired) electrons. The van der Waals surface area contributed by atoms with E-state index in [4.69, 9.17) is 28.9 Å². The van der Waals surface area contributed by atoms with Crippen LogP contribution in [-0.2, 0) is 0 Å². The van der Waals surface area contributed by atoms with Crippen molar-refractivity contribution < 1.29 is 0 Å². The minimum atomic E-state index is 0.245. The average molecular weight is 312 g/mol. The van der Waals surface area contributed by atoms with E-state index in [2.05, 4.69) is 23.8 Å². The van der Waals surface area contributed by atoms with E-state index in [1.807, 2.05) is 12.1 Å². The Bertz CT molecular complexity index is 578. The number of nitrogens with zero attached hydrogens (tertiary/aromatic N) is 1. The number of halogens is 2. The highest BCUT2D eigenvalue weighted by Crippen LogP contribution is 2.30. The molecule has 0 spiro atoms. The Balaban J connectivity index is 2.27. The number of H-pyrrole nitrogens is 1. The Morgan fingerprint density at radius 3 is 2.65 bits per heavy atom. The lowest BCUT2D eigenvalue weighted by molar-refractivity contribution is 0.490. The first-order valence-electron chi connectivity index (χ1n) is 6.71. The number of aromatic nitrogens is 2. The van der Waals surface area contributed by atoms with Gasteiger partial charge in [0.15, 0.2) is 0 Å². The molecule has 0 saturated carbocycles. The molecule has 108 valence electrons. The fourth-order valence-corrected chi connectivity index (χ4v) is 2.79. The molecule has 3 N–H and O–H groups in total. The summed E-state index contributed by atoms with van der Waals surface area (Å²) in [4.78, 5) is 7.78. The fourth-order valence-electron chi connectivity index (χ4n) is 2.28. The van der Waals surface area contributed by atoms with Gasteiger partial charge >= 0.3 is 0 Å². The first kappa shape index (κ1) is 15.4. The smallest absolute Gasteiger partial charge is 0.110 e. The summed E-state index contributed by atoms with van der Waals surface area (Å²) in [5.74, 6) is 1.74. The molecule has 20 heavy (non-hydrogen) atoms. The van der Waals surface area contributed by atoms with Gasteiger partial charge in [-0.25, -0.2) is 4.98 Å². The summed E-state index contributed by atoms with van der Waals surface area (Å²) in [5.41, 5.74) is 7.64. The number of nitrogens with two attached hydrogens (primary N) is 1. The highest BCUT2D eigenvalue weighted by atomic mass is 35.5. The second-order valence-electron chi connectivity index (χ2n) is 5.37. The van der Waals surface area contributed by atoms with E-state index in [1.165, 1.54) is 0 Å². The van der Waals surface area contributed by atoms with Crippen molar-refractivity contribution in [3.63, 3.8) is 0 Å². The van der Waals surface area contributed by atoms with Crippen LogP contribution in [0.5, 0.6) is 0 Å². The highest BCUT2D eigenvalue weighted by molar-refractivity contribution is 6.36. The maximum Gasteiger partial charge on any atom is 0.110 e. The molecule has 1 heterocycles. The number of aromatic amines is 1. The fraction of sp³-hybridized carbons (Fsp3) is 0.400. The van der Waals surface area contributed by atoms with Crippen molar-refractivity contribution >= 4 is 23.2 Å². The number of hydrogen-bond acceptors (Lipinski definition) is 2. The summed E-state index contributed by atoms with van der Waals surface area (Å²) in [5, 5.41) is 1.24. The zero-order valence-electron chi connectivity index (χ0n) is 11.7. The molecule has 0 amide bonds. The van der Waals surface area contributed by atoms with Crippen LogP contribution in [0.15, 0.2) is 24.4 Å². The predicted molar refractivity (Wildman–Crippen MR) is 85.3 cm³/mol. The van der Waals surface area contributed by atoms with Crippen molar-refractivity contribution in [2.24, 2.45) is 11.7 Å². The molecule has 2 aromatic rings. The molecule has 0 aliphatic rings. The third-order valence-electron chi connectivity index (χ3n) is 3.24. The predicted octanol–water partition coefficient (Wildman–Crippen LogP) is 4.47. The van der Waals surface area contributed by atoms with Crippen LogP contribution in [0.3, 0.4) is 0 Å². The van der Waals surface area contributed by atoms with E-state index >= 15 is 0 Å². The van der Waals surface area contributed by atoms with Crippen LogP contribution in [0.1, 0.15) is 32.0 Å². The minimum absolute atomic E-state index is 0.245. The number of hydrogen-bond donors (Lipinski definition) is 2. The second kappa shape index (κ2) is 6.61. The van der Waals surface area contributed by atoms with Crippen molar-refractivity contribution in [2.45, 2.75) is 26.2 Å². The van der Waals surface area contributed by atoms with Crippen LogP contribution in [0.4, 0.5) is 0 Å². The van der Waals surface area contributed by atoms with E-state index < -0.39 is 0 Å². The van der Waals surface area contributed by atoms with E-state index in [-0.39, 0.29) is 5.92 Å². The van der Waals surface area contributed by atoms with Gasteiger partial charge in [0.25, 0.3) is 0 Å². The highest BCUT2D eigenvalue weighted by Gasteiger charge is 2.16. The van der Waals surface area contributed by atoms with Gasteiger partial charge in [0, 0.05) is 23.0 Å². The van der Waals surface area contributed by atoms with Crippen LogP contribution >= 0.6 is 23.2 Å². The largest absolute Gasteiger partial charge is 0.342 e. The standard InChI is InChI=1S/C15H19Cl2N3/c1-9(2)5-10(7-18)15-19-8-14(20-15)12-4-3-11(16)6-13(12)17/h3-4,6,8-10H,5,7,18H2,1-2H3,(H,19,20). The molecular formula is C15H19Cl2N3. The van der Waals surface area contributed by atoms with Gasteiger partial charge in [-0.1, -0.05) is 37.0 Å². The quantitative estimate of drug-likeness (QED) is 0.855. The molecule has 3 nitrogen and oxygen atoms in total. The second-order valence-corrected chi connectivity index (χ2v) is 6.21. The van der Waals surface area contributed by atoms with E-state index in [1.54, 1.807) is 12.3 Å². The maximum absolute atomic E-state index is 6.21. The van der Waals surface area contributed by atoms with Crippen LogP contribution in [0.2, 0.25) is 10.0 Å². The van der Waals surface area contributed by atoms with Crippen molar-refractivity contribution in [1.82, 2.24) is 9.97 Å². The summed E-state index contributed by atoms with van der Waals surface area (Å²) in [6.45, 7) is 4.95. The molecule has 0 bridgehead atoms. The van der Waals surface area contributed by atoms with Crippen LogP contribution in [0.25, 0.3) is 11.3 Å². The van der Waals surface area contributed by atoms with Crippen LogP contribution < -0.4 is 5.73 Å². The molecule has 5 heteroatoms.